The molecule has 0 saturated heterocycles. The molecule has 0 amide bonds. The average Bonchev–Trinajstić information content (AvgIpc) is 2.30. The summed E-state index contributed by atoms with van der Waals surface area (Å²) in [6, 6.07) is 10.0. The van der Waals surface area contributed by atoms with Gasteiger partial charge in [-0.3, -0.25) is 0 Å². The summed E-state index contributed by atoms with van der Waals surface area (Å²) < 4.78 is 5.70. The normalized spacial score (nSPS) is 14.7. The number of hydrogen-bond acceptors (Lipinski definition) is 2. The molecule has 18 heavy (non-hydrogen) atoms. The monoisotopic (exact) mass is 262 g/mol. The highest BCUT2D eigenvalue weighted by atomic mass is 28.1. The molecular formula is C15H22O2Si. The van der Waals surface area contributed by atoms with Crippen LogP contribution in [0.1, 0.15) is 26.3 Å². The largest absolute Gasteiger partial charge is 0.377 e. The quantitative estimate of drug-likeness (QED) is 0.640. The molecule has 0 bridgehead atoms. The van der Waals surface area contributed by atoms with Crippen molar-refractivity contribution in [2.75, 3.05) is 6.61 Å². The smallest absolute Gasteiger partial charge is 0.129 e. The molecule has 0 aliphatic rings. The zero-order chi connectivity index (χ0) is 13.6. The highest BCUT2D eigenvalue weighted by molar-refractivity contribution is 6.22. The van der Waals surface area contributed by atoms with Crippen molar-refractivity contribution < 1.29 is 9.84 Å². The summed E-state index contributed by atoms with van der Waals surface area (Å²) in [5.41, 5.74) is 2.65. The minimum Gasteiger partial charge on any atom is -0.377 e. The van der Waals surface area contributed by atoms with E-state index in [0.29, 0.717) is 13.2 Å². The van der Waals surface area contributed by atoms with Crippen LogP contribution in [-0.2, 0) is 11.3 Å². The molecular weight excluding hydrogens is 240 g/mol. The SMILES string of the molecule is CC(O)(C#C[SiH3])C(C)(C)COCc1ccccc1. The van der Waals surface area contributed by atoms with E-state index in [0.717, 1.165) is 15.8 Å². The van der Waals surface area contributed by atoms with E-state index < -0.39 is 5.60 Å². The van der Waals surface area contributed by atoms with Crippen molar-refractivity contribution in [1.29, 1.82) is 0 Å². The van der Waals surface area contributed by atoms with Crippen LogP contribution in [0.2, 0.25) is 0 Å². The molecule has 0 radical (unpaired) electrons. The summed E-state index contributed by atoms with van der Waals surface area (Å²) >= 11 is 0. The van der Waals surface area contributed by atoms with Gasteiger partial charge >= 0.3 is 0 Å². The molecule has 0 aromatic heterocycles. The molecule has 3 heteroatoms. The lowest BCUT2D eigenvalue weighted by Crippen LogP contribution is -2.43. The van der Waals surface area contributed by atoms with Crippen LogP contribution in [0.15, 0.2) is 30.3 Å². The molecule has 1 N–H and O–H groups in total. The van der Waals surface area contributed by atoms with Crippen molar-refractivity contribution in [3.63, 3.8) is 0 Å². The molecule has 0 fully saturated rings. The minimum atomic E-state index is -1.01. The summed E-state index contributed by atoms with van der Waals surface area (Å²) in [6.07, 6.45) is 0. The van der Waals surface area contributed by atoms with Crippen LogP contribution in [0.3, 0.4) is 0 Å². The van der Waals surface area contributed by atoms with Crippen molar-refractivity contribution in [2.45, 2.75) is 33.0 Å². The summed E-state index contributed by atoms with van der Waals surface area (Å²) in [5, 5.41) is 10.3. The molecule has 1 aromatic carbocycles. The summed E-state index contributed by atoms with van der Waals surface area (Å²) in [4.78, 5) is 0. The van der Waals surface area contributed by atoms with Gasteiger partial charge in [-0.15, -0.1) is 5.54 Å². The molecule has 0 aliphatic heterocycles. The van der Waals surface area contributed by atoms with Crippen LogP contribution >= 0.6 is 0 Å². The van der Waals surface area contributed by atoms with E-state index in [4.69, 9.17) is 4.74 Å². The lowest BCUT2D eigenvalue weighted by molar-refractivity contribution is -0.0594. The van der Waals surface area contributed by atoms with Crippen molar-refractivity contribution in [1.82, 2.24) is 0 Å². The fourth-order valence-corrected chi connectivity index (χ4v) is 2.04. The van der Waals surface area contributed by atoms with Crippen LogP contribution < -0.4 is 0 Å². The number of ether oxygens (including phenoxy) is 1. The number of hydrogen-bond donors (Lipinski definition) is 1. The lowest BCUT2D eigenvalue weighted by atomic mass is 9.77. The lowest BCUT2D eigenvalue weighted by Gasteiger charge is -2.35. The first kappa shape index (κ1) is 15.0. The third-order valence-corrected chi connectivity index (χ3v) is 3.51. The highest BCUT2D eigenvalue weighted by Gasteiger charge is 2.38. The molecule has 1 rings (SSSR count). The van der Waals surface area contributed by atoms with Gasteiger partial charge in [-0.1, -0.05) is 50.1 Å². The van der Waals surface area contributed by atoms with Crippen molar-refractivity contribution in [3.05, 3.63) is 35.9 Å². The number of rotatable bonds is 5. The predicted octanol–water partition coefficient (Wildman–Crippen LogP) is 1.31. The zero-order valence-electron chi connectivity index (χ0n) is 11.7. The molecule has 1 aromatic rings. The molecule has 98 valence electrons. The van der Waals surface area contributed by atoms with E-state index in [1.54, 1.807) is 6.92 Å². The molecule has 1 unspecified atom stereocenters. The Labute approximate surface area is 113 Å². The zero-order valence-corrected chi connectivity index (χ0v) is 13.7. The van der Waals surface area contributed by atoms with E-state index in [-0.39, 0.29) is 5.41 Å². The predicted molar refractivity (Wildman–Crippen MR) is 78.2 cm³/mol. The van der Waals surface area contributed by atoms with E-state index in [9.17, 15) is 5.11 Å². The van der Waals surface area contributed by atoms with Crippen molar-refractivity contribution in [3.8, 4) is 11.5 Å². The first-order valence-electron chi connectivity index (χ1n) is 6.17. The number of aliphatic hydroxyl groups is 1. The van der Waals surface area contributed by atoms with Gasteiger partial charge in [0.15, 0.2) is 0 Å². The van der Waals surface area contributed by atoms with E-state index >= 15 is 0 Å². The van der Waals surface area contributed by atoms with Crippen LogP contribution in [0.25, 0.3) is 0 Å². The van der Waals surface area contributed by atoms with Gasteiger partial charge in [-0.2, -0.15) is 0 Å². The van der Waals surface area contributed by atoms with Gasteiger partial charge in [-0.25, -0.2) is 0 Å². The Balaban J connectivity index is 2.54. The second-order valence-corrected chi connectivity index (χ2v) is 5.81. The van der Waals surface area contributed by atoms with Crippen molar-refractivity contribution in [2.24, 2.45) is 5.41 Å². The van der Waals surface area contributed by atoms with Crippen LogP contribution in [0.4, 0.5) is 0 Å². The second kappa shape index (κ2) is 6.19. The summed E-state index contributed by atoms with van der Waals surface area (Å²) in [5.74, 6) is 2.90. The Morgan fingerprint density at radius 2 is 1.83 bits per heavy atom. The first-order valence-corrected chi connectivity index (χ1v) is 7.17. The molecule has 0 aliphatic carbocycles. The van der Waals surface area contributed by atoms with Gasteiger partial charge in [0.2, 0.25) is 0 Å². The fraction of sp³-hybridized carbons (Fsp3) is 0.467. The molecule has 0 saturated carbocycles. The highest BCUT2D eigenvalue weighted by Crippen LogP contribution is 2.30. The third kappa shape index (κ3) is 3.99. The Morgan fingerprint density at radius 1 is 1.22 bits per heavy atom. The maximum atomic E-state index is 10.3. The van der Waals surface area contributed by atoms with Crippen LogP contribution in [0.5, 0.6) is 0 Å². The Morgan fingerprint density at radius 3 is 2.39 bits per heavy atom. The van der Waals surface area contributed by atoms with Gasteiger partial charge in [0.1, 0.15) is 5.60 Å². The van der Waals surface area contributed by atoms with E-state index in [2.05, 4.69) is 11.5 Å². The molecule has 1 atom stereocenters. The molecule has 2 nitrogen and oxygen atoms in total. The maximum Gasteiger partial charge on any atom is 0.129 e. The number of benzene rings is 1. The standard InChI is InChI=1S/C15H22O2Si/c1-14(2,15(3,16)9-10-18)12-17-11-13-7-5-4-6-8-13/h4-8,16H,11-12H2,1-3,18H3. The van der Waals surface area contributed by atoms with E-state index in [1.165, 1.54) is 0 Å². The average molecular weight is 262 g/mol. The minimum absolute atomic E-state index is 0.390. The van der Waals surface area contributed by atoms with Crippen molar-refractivity contribution >= 4 is 10.2 Å². The summed E-state index contributed by atoms with van der Waals surface area (Å²) in [6.45, 7) is 6.75. The van der Waals surface area contributed by atoms with Gasteiger partial charge in [0.25, 0.3) is 0 Å². The molecule has 0 spiro atoms. The van der Waals surface area contributed by atoms with Crippen LogP contribution in [0, 0.1) is 16.9 Å². The summed E-state index contributed by atoms with van der Waals surface area (Å²) in [7, 11) is 0.777. The first-order chi connectivity index (χ1) is 8.39. The van der Waals surface area contributed by atoms with Gasteiger partial charge in [0, 0.05) is 5.41 Å². The fourth-order valence-electron chi connectivity index (χ4n) is 1.55. The van der Waals surface area contributed by atoms with Gasteiger partial charge in [0.05, 0.1) is 23.5 Å². The molecule has 0 heterocycles. The van der Waals surface area contributed by atoms with Gasteiger partial charge < -0.3 is 9.84 Å². The Hall–Kier alpha value is -1.08. The Bertz CT molecular complexity index is 427. The second-order valence-electron chi connectivity index (χ2n) is 5.31. The van der Waals surface area contributed by atoms with Gasteiger partial charge in [-0.05, 0) is 12.5 Å². The Kier molecular flexibility index (Phi) is 5.15. The maximum absolute atomic E-state index is 10.3. The van der Waals surface area contributed by atoms with E-state index in [1.807, 2.05) is 44.2 Å². The third-order valence-electron chi connectivity index (χ3n) is 3.26. The van der Waals surface area contributed by atoms with Crippen LogP contribution in [-0.4, -0.2) is 27.6 Å². The topological polar surface area (TPSA) is 29.5 Å².